The minimum Gasteiger partial charge on any atom is -0.481 e. The highest BCUT2D eigenvalue weighted by atomic mass is 32.2. The van der Waals surface area contributed by atoms with E-state index in [0.29, 0.717) is 24.5 Å². The Morgan fingerprint density at radius 1 is 1.10 bits per heavy atom. The van der Waals surface area contributed by atoms with Crippen molar-refractivity contribution < 1.29 is 22.7 Å². The van der Waals surface area contributed by atoms with Gasteiger partial charge in [0.15, 0.2) is 6.10 Å². The number of benzene rings is 2. The van der Waals surface area contributed by atoms with Crippen molar-refractivity contribution in [3.8, 4) is 5.75 Å². The largest absolute Gasteiger partial charge is 0.481 e. The quantitative estimate of drug-likeness (QED) is 0.734. The molecule has 2 aromatic rings. The maximum atomic E-state index is 12.9. The zero-order valence-corrected chi connectivity index (χ0v) is 19.4. The molecule has 1 amide bonds. The summed E-state index contributed by atoms with van der Waals surface area (Å²) in [4.78, 5) is 12.7. The number of morpholine rings is 1. The summed E-state index contributed by atoms with van der Waals surface area (Å²) in [5.74, 6) is 0.352. The number of hydrogen-bond donors (Lipinski definition) is 1. The Bertz CT molecular complexity index is 1030. The zero-order chi connectivity index (χ0) is 22.8. The van der Waals surface area contributed by atoms with Gasteiger partial charge in [-0.15, -0.1) is 0 Å². The minimum atomic E-state index is -3.62. The van der Waals surface area contributed by atoms with E-state index >= 15 is 0 Å². The fraction of sp³-hybridized carbons (Fsp3) is 0.435. The third-order valence-electron chi connectivity index (χ3n) is 5.37. The molecule has 0 saturated carbocycles. The second-order valence-electron chi connectivity index (χ2n) is 8.05. The van der Waals surface area contributed by atoms with Crippen LogP contribution in [0.3, 0.4) is 0 Å². The zero-order valence-electron chi connectivity index (χ0n) is 18.6. The molecule has 0 radical (unpaired) electrons. The number of nitrogens with zero attached hydrogens (tertiary/aromatic N) is 1. The third kappa shape index (κ3) is 5.44. The summed E-state index contributed by atoms with van der Waals surface area (Å²) in [5, 5.41) is 2.78. The van der Waals surface area contributed by atoms with Gasteiger partial charge >= 0.3 is 0 Å². The molecule has 0 spiro atoms. The van der Waals surface area contributed by atoms with Crippen molar-refractivity contribution in [3.05, 3.63) is 53.6 Å². The molecule has 0 unspecified atom stereocenters. The number of carbonyl (C=O) groups excluding carboxylic acids is 1. The number of ether oxygens (including phenoxy) is 2. The van der Waals surface area contributed by atoms with Gasteiger partial charge in [-0.05, 0) is 76.1 Å². The molecular weight excluding hydrogens is 416 g/mol. The fourth-order valence-corrected chi connectivity index (χ4v) is 5.12. The summed E-state index contributed by atoms with van der Waals surface area (Å²) >= 11 is 0. The summed E-state index contributed by atoms with van der Waals surface area (Å²) in [6, 6.07) is 11.9. The van der Waals surface area contributed by atoms with Crippen LogP contribution in [-0.4, -0.2) is 50.0 Å². The summed E-state index contributed by atoms with van der Waals surface area (Å²) in [7, 11) is -3.62. The number of hydrogen-bond acceptors (Lipinski definition) is 5. The van der Waals surface area contributed by atoms with E-state index in [2.05, 4.69) is 5.32 Å². The lowest BCUT2D eigenvalue weighted by Gasteiger charge is -2.34. The molecule has 1 fully saturated rings. The Kier molecular flexibility index (Phi) is 7.03. The van der Waals surface area contributed by atoms with Crippen molar-refractivity contribution >= 4 is 21.6 Å². The van der Waals surface area contributed by atoms with Gasteiger partial charge in [-0.2, -0.15) is 4.31 Å². The van der Waals surface area contributed by atoms with Gasteiger partial charge in [-0.25, -0.2) is 8.42 Å². The lowest BCUT2D eigenvalue weighted by atomic mass is 10.1. The standard InChI is InChI=1S/C23H30N2O5S/c1-15-7-6-8-22(18(15)4)30-19(5)23(26)24-20-9-11-21(12-10-20)31(27,28)25-13-16(2)29-17(3)14-25/h6-12,16-17,19H,13-14H2,1-5H3,(H,24,26)/t16-,17-,19+/m1/s1. The summed E-state index contributed by atoms with van der Waals surface area (Å²) < 4.78 is 38.8. The van der Waals surface area contributed by atoms with Crippen LogP contribution < -0.4 is 10.1 Å². The third-order valence-corrected chi connectivity index (χ3v) is 7.22. The lowest BCUT2D eigenvalue weighted by Crippen LogP contribution is -2.48. The second kappa shape index (κ2) is 9.38. The Morgan fingerprint density at radius 2 is 1.71 bits per heavy atom. The first kappa shape index (κ1) is 23.2. The minimum absolute atomic E-state index is 0.157. The van der Waals surface area contributed by atoms with Crippen molar-refractivity contribution in [2.75, 3.05) is 18.4 Å². The maximum Gasteiger partial charge on any atom is 0.265 e. The second-order valence-corrected chi connectivity index (χ2v) is 9.99. The highest BCUT2D eigenvalue weighted by molar-refractivity contribution is 7.89. The van der Waals surface area contributed by atoms with Gasteiger partial charge in [0.05, 0.1) is 17.1 Å². The average Bonchev–Trinajstić information content (AvgIpc) is 2.71. The average molecular weight is 447 g/mol. The smallest absolute Gasteiger partial charge is 0.265 e. The summed E-state index contributed by atoms with van der Waals surface area (Å²) in [6.45, 7) is 9.97. The monoisotopic (exact) mass is 446 g/mol. The van der Waals surface area contributed by atoms with Crippen LogP contribution >= 0.6 is 0 Å². The Hall–Kier alpha value is -2.42. The predicted molar refractivity (Wildman–Crippen MR) is 120 cm³/mol. The van der Waals surface area contributed by atoms with Crippen LogP contribution in [0.2, 0.25) is 0 Å². The molecule has 1 aliphatic heterocycles. The van der Waals surface area contributed by atoms with Crippen LogP contribution in [0.4, 0.5) is 5.69 Å². The van der Waals surface area contributed by atoms with Crippen LogP contribution in [0.5, 0.6) is 5.75 Å². The Balaban J connectivity index is 1.66. The van der Waals surface area contributed by atoms with Crippen molar-refractivity contribution in [2.24, 2.45) is 0 Å². The van der Waals surface area contributed by atoms with E-state index in [1.807, 2.05) is 45.9 Å². The van der Waals surface area contributed by atoms with Crippen LogP contribution in [-0.2, 0) is 19.6 Å². The first-order valence-corrected chi connectivity index (χ1v) is 11.8. The summed E-state index contributed by atoms with van der Waals surface area (Å²) in [6.07, 6.45) is -1.02. The van der Waals surface area contributed by atoms with E-state index in [0.717, 1.165) is 11.1 Å². The molecule has 0 aliphatic carbocycles. The molecule has 2 aromatic carbocycles. The maximum absolute atomic E-state index is 12.9. The molecule has 1 N–H and O–H groups in total. The van der Waals surface area contributed by atoms with Gasteiger partial charge in [0.1, 0.15) is 5.75 Å². The highest BCUT2D eigenvalue weighted by Crippen LogP contribution is 2.24. The SMILES string of the molecule is Cc1cccc(O[C@@H](C)C(=O)Nc2ccc(S(=O)(=O)N3C[C@@H](C)O[C@H](C)C3)cc2)c1C. The van der Waals surface area contributed by atoms with Crippen LogP contribution in [0.25, 0.3) is 0 Å². The molecule has 7 nitrogen and oxygen atoms in total. The molecule has 31 heavy (non-hydrogen) atoms. The van der Waals surface area contributed by atoms with Crippen molar-refractivity contribution in [1.82, 2.24) is 4.31 Å². The normalized spacial score (nSPS) is 20.8. The molecule has 3 atom stereocenters. The molecule has 0 aromatic heterocycles. The molecule has 1 aliphatic rings. The lowest BCUT2D eigenvalue weighted by molar-refractivity contribution is -0.122. The topological polar surface area (TPSA) is 84.9 Å². The van der Waals surface area contributed by atoms with Gasteiger partial charge in [0.25, 0.3) is 5.91 Å². The summed E-state index contributed by atoms with van der Waals surface area (Å²) in [5.41, 5.74) is 2.58. The number of carbonyl (C=O) groups is 1. The molecule has 8 heteroatoms. The molecule has 1 heterocycles. The number of aryl methyl sites for hydroxylation is 1. The number of anilines is 1. The first-order valence-electron chi connectivity index (χ1n) is 10.4. The van der Waals surface area contributed by atoms with Gasteiger partial charge in [-0.1, -0.05) is 12.1 Å². The van der Waals surface area contributed by atoms with E-state index in [1.165, 1.54) is 16.4 Å². The Labute approximate surface area is 184 Å². The van der Waals surface area contributed by atoms with E-state index < -0.39 is 16.1 Å². The van der Waals surface area contributed by atoms with Crippen LogP contribution in [0.15, 0.2) is 47.4 Å². The molecule has 168 valence electrons. The van der Waals surface area contributed by atoms with Gasteiger partial charge in [-0.3, -0.25) is 4.79 Å². The molecular formula is C23H30N2O5S. The van der Waals surface area contributed by atoms with Gasteiger partial charge < -0.3 is 14.8 Å². The Morgan fingerprint density at radius 3 is 2.32 bits per heavy atom. The van der Waals surface area contributed by atoms with Gasteiger partial charge in [0.2, 0.25) is 10.0 Å². The fourth-order valence-electron chi connectivity index (χ4n) is 3.53. The van der Waals surface area contributed by atoms with E-state index in [9.17, 15) is 13.2 Å². The molecule has 1 saturated heterocycles. The van der Waals surface area contributed by atoms with E-state index in [-0.39, 0.29) is 23.0 Å². The number of rotatable bonds is 6. The van der Waals surface area contributed by atoms with E-state index in [4.69, 9.17) is 9.47 Å². The number of nitrogens with one attached hydrogen (secondary N) is 1. The molecule has 0 bridgehead atoms. The highest BCUT2D eigenvalue weighted by Gasteiger charge is 2.32. The number of sulfonamides is 1. The predicted octanol–water partition coefficient (Wildman–Crippen LogP) is 3.51. The van der Waals surface area contributed by atoms with Crippen molar-refractivity contribution in [1.29, 1.82) is 0 Å². The molecule has 3 rings (SSSR count). The van der Waals surface area contributed by atoms with E-state index in [1.54, 1.807) is 19.1 Å². The van der Waals surface area contributed by atoms with Crippen molar-refractivity contribution in [2.45, 2.75) is 57.8 Å². The van der Waals surface area contributed by atoms with Crippen LogP contribution in [0.1, 0.15) is 31.9 Å². The van der Waals surface area contributed by atoms with Crippen molar-refractivity contribution in [3.63, 3.8) is 0 Å². The van der Waals surface area contributed by atoms with Gasteiger partial charge in [0, 0.05) is 18.8 Å². The van der Waals surface area contributed by atoms with Crippen LogP contribution in [0, 0.1) is 13.8 Å². The first-order chi connectivity index (χ1) is 14.6. The number of amides is 1.